The number of pyridine rings is 1. The minimum Gasteiger partial charge on any atom is -0.363 e. The first-order chi connectivity index (χ1) is 7.20. The molecule has 0 spiro atoms. The molecular formula is C10H13F2N3. The molecule has 0 saturated heterocycles. The number of rotatable bonds is 4. The summed E-state index contributed by atoms with van der Waals surface area (Å²) >= 11 is 0. The number of nitrogens with zero attached hydrogens (tertiary/aromatic N) is 1. The van der Waals surface area contributed by atoms with Crippen LogP contribution in [0.25, 0.3) is 0 Å². The van der Waals surface area contributed by atoms with E-state index >= 15 is 0 Å². The molecule has 1 aliphatic carbocycles. The van der Waals surface area contributed by atoms with Crippen LogP contribution < -0.4 is 11.1 Å². The van der Waals surface area contributed by atoms with Crippen LogP contribution in [0.3, 0.4) is 0 Å². The summed E-state index contributed by atoms with van der Waals surface area (Å²) in [5.41, 5.74) is 5.55. The van der Waals surface area contributed by atoms with E-state index in [1.165, 1.54) is 0 Å². The van der Waals surface area contributed by atoms with Gasteiger partial charge in [-0.05, 0) is 18.8 Å². The van der Waals surface area contributed by atoms with Gasteiger partial charge in [-0.3, -0.25) is 0 Å². The van der Waals surface area contributed by atoms with Gasteiger partial charge in [0, 0.05) is 18.7 Å². The fourth-order valence-electron chi connectivity index (χ4n) is 1.56. The summed E-state index contributed by atoms with van der Waals surface area (Å²) in [6.07, 6.45) is 3.21. The van der Waals surface area contributed by atoms with Crippen molar-refractivity contribution in [1.82, 2.24) is 4.98 Å². The van der Waals surface area contributed by atoms with Crippen molar-refractivity contribution in [2.24, 2.45) is 11.7 Å². The maximum atomic E-state index is 13.2. The predicted octanol–water partition coefficient (Wildman–Crippen LogP) is 1.51. The van der Waals surface area contributed by atoms with Gasteiger partial charge in [-0.1, -0.05) is 0 Å². The van der Waals surface area contributed by atoms with E-state index in [-0.39, 0.29) is 11.9 Å². The molecule has 0 aromatic carbocycles. The second-order valence-corrected chi connectivity index (χ2v) is 3.81. The Kier molecular flexibility index (Phi) is 2.81. The van der Waals surface area contributed by atoms with Crippen LogP contribution in [0.15, 0.2) is 12.3 Å². The number of aromatic nitrogens is 1. The first-order valence-corrected chi connectivity index (χ1v) is 4.98. The Morgan fingerprint density at radius 2 is 2.27 bits per heavy atom. The third kappa shape index (κ3) is 2.41. The first-order valence-electron chi connectivity index (χ1n) is 4.98. The molecule has 1 aromatic rings. The van der Waals surface area contributed by atoms with Crippen LogP contribution in [0, 0.1) is 17.6 Å². The summed E-state index contributed by atoms with van der Waals surface area (Å²) in [4.78, 5) is 3.66. The average Bonchev–Trinajstić information content (AvgIpc) is 3.00. The van der Waals surface area contributed by atoms with Crippen molar-refractivity contribution in [1.29, 1.82) is 0 Å². The largest absolute Gasteiger partial charge is 0.363 e. The summed E-state index contributed by atoms with van der Waals surface area (Å²) < 4.78 is 25.8. The van der Waals surface area contributed by atoms with E-state index in [0.717, 1.165) is 25.1 Å². The Morgan fingerprint density at radius 1 is 1.53 bits per heavy atom. The van der Waals surface area contributed by atoms with Gasteiger partial charge in [-0.2, -0.15) is 0 Å². The van der Waals surface area contributed by atoms with Crippen molar-refractivity contribution in [2.45, 2.75) is 18.9 Å². The van der Waals surface area contributed by atoms with Crippen LogP contribution in [0.5, 0.6) is 0 Å². The zero-order chi connectivity index (χ0) is 10.8. The van der Waals surface area contributed by atoms with Crippen LogP contribution in [-0.2, 0) is 0 Å². The number of nitrogens with one attached hydrogen (secondary N) is 1. The van der Waals surface area contributed by atoms with Crippen molar-refractivity contribution < 1.29 is 8.78 Å². The Labute approximate surface area is 86.7 Å². The van der Waals surface area contributed by atoms with Gasteiger partial charge in [0.2, 0.25) is 0 Å². The van der Waals surface area contributed by atoms with Crippen molar-refractivity contribution in [3.63, 3.8) is 0 Å². The lowest BCUT2D eigenvalue weighted by Crippen LogP contribution is -2.31. The molecule has 2 rings (SSSR count). The highest BCUT2D eigenvalue weighted by atomic mass is 19.1. The third-order valence-electron chi connectivity index (χ3n) is 2.57. The summed E-state index contributed by atoms with van der Waals surface area (Å²) in [5, 5.41) is 2.91. The molecule has 1 unspecified atom stereocenters. The molecule has 0 radical (unpaired) electrons. The van der Waals surface area contributed by atoms with Gasteiger partial charge in [0.1, 0.15) is 5.82 Å². The first kappa shape index (κ1) is 10.3. The molecule has 0 aliphatic heterocycles. The molecule has 1 fully saturated rings. The Bertz CT molecular complexity index is 353. The van der Waals surface area contributed by atoms with E-state index in [9.17, 15) is 8.78 Å². The maximum Gasteiger partial charge on any atom is 0.168 e. The Morgan fingerprint density at radius 3 is 2.80 bits per heavy atom. The monoisotopic (exact) mass is 213 g/mol. The fraction of sp³-hybridized carbons (Fsp3) is 0.500. The highest BCUT2D eigenvalue weighted by molar-refractivity contribution is 5.37. The highest BCUT2D eigenvalue weighted by Crippen LogP contribution is 2.33. The minimum absolute atomic E-state index is 0.0393. The lowest BCUT2D eigenvalue weighted by Gasteiger charge is -2.16. The van der Waals surface area contributed by atoms with Crippen molar-refractivity contribution in [3.05, 3.63) is 23.9 Å². The lowest BCUT2D eigenvalue weighted by molar-refractivity contribution is 0.567. The quantitative estimate of drug-likeness (QED) is 0.797. The molecule has 5 heteroatoms. The summed E-state index contributed by atoms with van der Waals surface area (Å²) in [7, 11) is 0. The number of anilines is 1. The number of hydrogen-bond donors (Lipinski definition) is 2. The van der Waals surface area contributed by atoms with Crippen LogP contribution in [0.2, 0.25) is 0 Å². The van der Waals surface area contributed by atoms with Gasteiger partial charge < -0.3 is 11.1 Å². The van der Waals surface area contributed by atoms with Gasteiger partial charge in [0.05, 0.1) is 6.20 Å². The average molecular weight is 213 g/mol. The standard InChI is InChI=1S/C10H13F2N3/c11-7-3-8(12)10(14-5-7)15-9(4-13)6-1-2-6/h3,5-6,9H,1-2,4,13H2,(H,14,15). The number of halogens is 2. The number of nitrogens with two attached hydrogens (primary N) is 1. The zero-order valence-electron chi connectivity index (χ0n) is 8.21. The van der Waals surface area contributed by atoms with Crippen LogP contribution >= 0.6 is 0 Å². The topological polar surface area (TPSA) is 50.9 Å². The zero-order valence-corrected chi connectivity index (χ0v) is 8.21. The van der Waals surface area contributed by atoms with Gasteiger partial charge >= 0.3 is 0 Å². The fourth-order valence-corrected chi connectivity index (χ4v) is 1.56. The molecule has 0 amide bonds. The van der Waals surface area contributed by atoms with Crippen LogP contribution in [0.4, 0.5) is 14.6 Å². The lowest BCUT2D eigenvalue weighted by atomic mass is 10.2. The third-order valence-corrected chi connectivity index (χ3v) is 2.57. The van der Waals surface area contributed by atoms with Crippen molar-refractivity contribution >= 4 is 5.82 Å². The van der Waals surface area contributed by atoms with E-state index in [0.29, 0.717) is 12.5 Å². The number of hydrogen-bond acceptors (Lipinski definition) is 3. The normalized spacial score (nSPS) is 17.5. The molecule has 15 heavy (non-hydrogen) atoms. The van der Waals surface area contributed by atoms with Gasteiger partial charge in [-0.25, -0.2) is 13.8 Å². The predicted molar refractivity (Wildman–Crippen MR) is 53.3 cm³/mol. The summed E-state index contributed by atoms with van der Waals surface area (Å²) in [5.74, 6) is -0.761. The van der Waals surface area contributed by atoms with Crippen LogP contribution in [-0.4, -0.2) is 17.6 Å². The Balaban J connectivity index is 2.08. The van der Waals surface area contributed by atoms with E-state index in [1.807, 2.05) is 0 Å². The van der Waals surface area contributed by atoms with Gasteiger partial charge in [0.15, 0.2) is 11.6 Å². The SMILES string of the molecule is NCC(Nc1ncc(F)cc1F)C1CC1. The molecule has 0 bridgehead atoms. The molecule has 1 atom stereocenters. The molecule has 1 aliphatic rings. The van der Waals surface area contributed by atoms with Crippen molar-refractivity contribution in [2.75, 3.05) is 11.9 Å². The highest BCUT2D eigenvalue weighted by Gasteiger charge is 2.30. The van der Waals surface area contributed by atoms with Crippen molar-refractivity contribution in [3.8, 4) is 0 Å². The minimum atomic E-state index is -0.672. The van der Waals surface area contributed by atoms with Gasteiger partial charge in [0.25, 0.3) is 0 Å². The maximum absolute atomic E-state index is 13.2. The second kappa shape index (κ2) is 4.10. The second-order valence-electron chi connectivity index (χ2n) is 3.81. The molecule has 3 N–H and O–H groups in total. The molecule has 1 heterocycles. The smallest absolute Gasteiger partial charge is 0.168 e. The van der Waals surface area contributed by atoms with E-state index in [1.54, 1.807) is 0 Å². The molecule has 1 aromatic heterocycles. The van der Waals surface area contributed by atoms with E-state index in [2.05, 4.69) is 10.3 Å². The molecule has 3 nitrogen and oxygen atoms in total. The van der Waals surface area contributed by atoms with Gasteiger partial charge in [-0.15, -0.1) is 0 Å². The van der Waals surface area contributed by atoms with E-state index in [4.69, 9.17) is 5.73 Å². The van der Waals surface area contributed by atoms with Crippen LogP contribution in [0.1, 0.15) is 12.8 Å². The molecule has 1 saturated carbocycles. The Hall–Kier alpha value is -1.23. The molecular weight excluding hydrogens is 200 g/mol. The van der Waals surface area contributed by atoms with E-state index < -0.39 is 11.6 Å². The molecule has 82 valence electrons. The summed E-state index contributed by atoms with van der Waals surface area (Å²) in [6, 6.07) is 0.855. The summed E-state index contributed by atoms with van der Waals surface area (Å²) in [6.45, 7) is 0.434.